The summed E-state index contributed by atoms with van der Waals surface area (Å²) in [6.45, 7) is 5.64. The number of aliphatic carboxylic acids is 1. The summed E-state index contributed by atoms with van der Waals surface area (Å²) in [6.07, 6.45) is 4.11. The largest absolute Gasteiger partial charge is 0.481 e. The maximum absolute atomic E-state index is 12.7. The van der Waals surface area contributed by atoms with E-state index in [4.69, 9.17) is 4.74 Å². The smallest absolute Gasteiger partial charge is 0.316 e. The van der Waals surface area contributed by atoms with Crippen LogP contribution in [0.25, 0.3) is 0 Å². The Morgan fingerprint density at radius 1 is 1.44 bits per heavy atom. The fourth-order valence-corrected chi connectivity index (χ4v) is 7.13. The Bertz CT molecular complexity index is 772. The lowest BCUT2D eigenvalue weighted by Crippen LogP contribution is -2.50. The molecule has 1 aliphatic heterocycles. The molecule has 5 aliphatic rings. The second-order valence-electron chi connectivity index (χ2n) is 8.94. The van der Waals surface area contributed by atoms with E-state index in [0.717, 1.165) is 0 Å². The molecule has 0 radical (unpaired) electrons. The van der Waals surface area contributed by atoms with Crippen LogP contribution in [-0.2, 0) is 14.3 Å². The van der Waals surface area contributed by atoms with Gasteiger partial charge in [-0.2, -0.15) is 0 Å². The second kappa shape index (κ2) is 4.01. The first-order valence-electron chi connectivity index (χ1n) is 8.86. The number of ether oxygens (including phenoxy) is 1. The minimum Gasteiger partial charge on any atom is -0.481 e. The summed E-state index contributed by atoms with van der Waals surface area (Å²) < 4.78 is 5.87. The van der Waals surface area contributed by atoms with Gasteiger partial charge in [-0.3, -0.25) is 9.59 Å². The normalized spacial score (nSPS) is 58.0. The fraction of sp³-hybridized carbons (Fsp3) is 0.684. The molecular weight excluding hydrogens is 324 g/mol. The van der Waals surface area contributed by atoms with Crippen molar-refractivity contribution in [3.8, 4) is 0 Å². The zero-order valence-electron chi connectivity index (χ0n) is 14.1. The quantitative estimate of drug-likeness (QED) is 0.484. The van der Waals surface area contributed by atoms with Crippen molar-refractivity contribution < 1.29 is 29.6 Å². The SMILES string of the molecule is C=C1C[C@]23CC1(O)CC[C@@H]2[C@@]12C=C[C@@H](O)[C@](C)(C(=O)O1)C2[C@H]3C(=O)O. The summed E-state index contributed by atoms with van der Waals surface area (Å²) in [5.74, 6) is -3.18. The van der Waals surface area contributed by atoms with Crippen LogP contribution in [0.3, 0.4) is 0 Å². The lowest BCUT2D eigenvalue weighted by Gasteiger charge is -2.44. The lowest BCUT2D eigenvalue weighted by atomic mass is 9.61. The highest BCUT2D eigenvalue weighted by Crippen LogP contribution is 2.77. The molecule has 0 aromatic carbocycles. The van der Waals surface area contributed by atoms with Gasteiger partial charge in [0.25, 0.3) is 0 Å². The maximum atomic E-state index is 12.7. The van der Waals surface area contributed by atoms with Crippen LogP contribution in [0.1, 0.15) is 32.6 Å². The van der Waals surface area contributed by atoms with E-state index in [1.165, 1.54) is 0 Å². The zero-order valence-corrected chi connectivity index (χ0v) is 14.1. The number of fused-ring (bicyclic) bond motifs is 1. The molecule has 6 nitrogen and oxygen atoms in total. The average molecular weight is 346 g/mol. The van der Waals surface area contributed by atoms with Crippen LogP contribution in [0.5, 0.6) is 0 Å². The Hall–Kier alpha value is -1.66. The van der Waals surface area contributed by atoms with Crippen LogP contribution in [0.15, 0.2) is 24.3 Å². The molecule has 8 atom stereocenters. The Kier molecular flexibility index (Phi) is 2.50. The van der Waals surface area contributed by atoms with Gasteiger partial charge in [-0.15, -0.1) is 0 Å². The van der Waals surface area contributed by atoms with Gasteiger partial charge in [0.05, 0.1) is 17.6 Å². The zero-order chi connectivity index (χ0) is 18.0. The minimum atomic E-state index is -1.27. The van der Waals surface area contributed by atoms with Crippen LogP contribution >= 0.6 is 0 Å². The lowest BCUT2D eigenvalue weighted by molar-refractivity contribution is -0.163. The van der Waals surface area contributed by atoms with Crippen LogP contribution < -0.4 is 0 Å². The molecule has 4 bridgehead atoms. The highest BCUT2D eigenvalue weighted by atomic mass is 16.6. The van der Waals surface area contributed by atoms with E-state index in [0.29, 0.717) is 31.3 Å². The fourth-order valence-electron chi connectivity index (χ4n) is 7.13. The predicted molar refractivity (Wildman–Crippen MR) is 85.2 cm³/mol. The van der Waals surface area contributed by atoms with Gasteiger partial charge in [0.15, 0.2) is 0 Å². The third-order valence-electron chi connectivity index (χ3n) is 8.12. The molecule has 1 saturated heterocycles. The molecule has 0 aromatic rings. The third-order valence-corrected chi connectivity index (χ3v) is 8.12. The van der Waals surface area contributed by atoms with E-state index in [9.17, 15) is 24.9 Å². The average Bonchev–Trinajstić information content (AvgIpc) is 2.95. The number of aliphatic hydroxyl groups is 2. The number of carboxylic acid groups (broad SMARTS) is 1. The molecule has 4 aliphatic carbocycles. The number of rotatable bonds is 1. The third kappa shape index (κ3) is 1.36. The standard InChI is InChI=1S/C19H22O6/c1-9-7-17-8-18(9,24)5-3-10(17)19-6-4-11(20)16(2,15(23)25-19)13(19)12(17)14(21)22/h4,6,10-13,20,24H,1,3,5,7-8H2,2H3,(H,21,22)/t10-,11+,12-,13?,16-,17-,18?,19+/m0/s1. The van der Waals surface area contributed by atoms with Gasteiger partial charge in [-0.05, 0) is 49.7 Å². The van der Waals surface area contributed by atoms with Gasteiger partial charge in [-0.25, -0.2) is 0 Å². The number of hydrogen-bond donors (Lipinski definition) is 3. The van der Waals surface area contributed by atoms with Gasteiger partial charge in [0, 0.05) is 11.8 Å². The predicted octanol–water partition coefficient (Wildman–Crippen LogP) is 1.03. The Balaban J connectivity index is 1.78. The molecule has 25 heavy (non-hydrogen) atoms. The van der Waals surface area contributed by atoms with Crippen molar-refractivity contribution >= 4 is 11.9 Å². The molecule has 3 N–H and O–H groups in total. The van der Waals surface area contributed by atoms with E-state index >= 15 is 0 Å². The van der Waals surface area contributed by atoms with Crippen molar-refractivity contribution in [1.82, 2.24) is 0 Å². The van der Waals surface area contributed by atoms with E-state index in [2.05, 4.69) is 6.58 Å². The molecule has 1 spiro atoms. The first-order chi connectivity index (χ1) is 11.6. The molecule has 5 rings (SSSR count). The number of aliphatic hydroxyl groups excluding tert-OH is 1. The van der Waals surface area contributed by atoms with Crippen LogP contribution in [-0.4, -0.2) is 44.6 Å². The summed E-state index contributed by atoms with van der Waals surface area (Å²) in [5.41, 5.74) is -3.29. The number of carboxylic acids is 1. The van der Waals surface area contributed by atoms with Crippen molar-refractivity contribution in [1.29, 1.82) is 0 Å². The van der Waals surface area contributed by atoms with Gasteiger partial charge in [0.1, 0.15) is 11.0 Å². The first-order valence-corrected chi connectivity index (χ1v) is 8.86. The molecule has 1 heterocycles. The van der Waals surface area contributed by atoms with E-state index in [-0.39, 0.29) is 5.92 Å². The summed E-state index contributed by atoms with van der Waals surface area (Å²) in [7, 11) is 0. The number of carbonyl (C=O) groups excluding carboxylic acids is 1. The van der Waals surface area contributed by atoms with Crippen LogP contribution in [0.2, 0.25) is 0 Å². The molecule has 0 aromatic heterocycles. The topological polar surface area (TPSA) is 104 Å². The molecule has 2 unspecified atom stereocenters. The maximum Gasteiger partial charge on any atom is 0.316 e. The highest BCUT2D eigenvalue weighted by Gasteiger charge is 2.83. The van der Waals surface area contributed by atoms with Crippen molar-refractivity contribution in [2.75, 3.05) is 0 Å². The summed E-state index contributed by atoms with van der Waals surface area (Å²) >= 11 is 0. The molecule has 6 heteroatoms. The van der Waals surface area contributed by atoms with Crippen molar-refractivity contribution in [2.45, 2.75) is 49.9 Å². The van der Waals surface area contributed by atoms with E-state index in [1.807, 2.05) is 0 Å². The second-order valence-corrected chi connectivity index (χ2v) is 8.94. The Morgan fingerprint density at radius 2 is 2.16 bits per heavy atom. The number of carbonyl (C=O) groups is 2. The minimum absolute atomic E-state index is 0.180. The van der Waals surface area contributed by atoms with Crippen LogP contribution in [0, 0.1) is 28.6 Å². The highest BCUT2D eigenvalue weighted by molar-refractivity contribution is 5.86. The van der Waals surface area contributed by atoms with Gasteiger partial charge >= 0.3 is 11.9 Å². The summed E-state index contributed by atoms with van der Waals surface area (Å²) in [6, 6.07) is 0. The van der Waals surface area contributed by atoms with E-state index in [1.54, 1.807) is 19.1 Å². The van der Waals surface area contributed by atoms with Crippen molar-refractivity contribution in [3.05, 3.63) is 24.3 Å². The summed E-state index contributed by atoms with van der Waals surface area (Å²) in [5, 5.41) is 31.6. The van der Waals surface area contributed by atoms with E-state index < -0.39 is 51.9 Å². The van der Waals surface area contributed by atoms with Crippen molar-refractivity contribution in [3.63, 3.8) is 0 Å². The Morgan fingerprint density at radius 3 is 2.84 bits per heavy atom. The molecule has 134 valence electrons. The Labute approximate surface area is 145 Å². The first kappa shape index (κ1) is 15.6. The van der Waals surface area contributed by atoms with Gasteiger partial charge in [-0.1, -0.05) is 12.7 Å². The molecule has 0 amide bonds. The molecule has 4 fully saturated rings. The molecular formula is C19H22O6. The molecule has 3 saturated carbocycles. The summed E-state index contributed by atoms with van der Waals surface area (Å²) in [4.78, 5) is 25.1. The number of hydrogen-bond acceptors (Lipinski definition) is 5. The van der Waals surface area contributed by atoms with Crippen molar-refractivity contribution in [2.24, 2.45) is 28.6 Å². The number of esters is 1. The van der Waals surface area contributed by atoms with Gasteiger partial charge in [0.2, 0.25) is 0 Å². The van der Waals surface area contributed by atoms with Crippen LogP contribution in [0.4, 0.5) is 0 Å². The monoisotopic (exact) mass is 346 g/mol. The van der Waals surface area contributed by atoms with Gasteiger partial charge < -0.3 is 20.1 Å².